The van der Waals surface area contributed by atoms with Gasteiger partial charge in [-0.05, 0) is 48.4 Å². The number of carbonyl (C=O) groups is 4. The number of hydrogen-bond donors (Lipinski definition) is 1. The number of carbonyl (C=O) groups excluding carboxylic acids is 4. The van der Waals surface area contributed by atoms with Crippen LogP contribution < -0.4 is 10.2 Å². The van der Waals surface area contributed by atoms with E-state index in [4.69, 9.17) is 21.1 Å². The number of nitrogens with one attached hydrogen (secondary N) is 1. The number of nitrogens with zero attached hydrogens (tertiary/aromatic N) is 2. The van der Waals surface area contributed by atoms with Gasteiger partial charge in [0.2, 0.25) is 0 Å². The number of halogens is 1. The summed E-state index contributed by atoms with van der Waals surface area (Å²) in [6.07, 6.45) is 1.26. The molecule has 198 valence electrons. The van der Waals surface area contributed by atoms with Crippen molar-refractivity contribution >= 4 is 53.1 Å². The van der Waals surface area contributed by atoms with Crippen molar-refractivity contribution in [3.05, 3.63) is 95.0 Å². The van der Waals surface area contributed by atoms with Crippen molar-refractivity contribution in [3.8, 4) is 0 Å². The van der Waals surface area contributed by atoms with Gasteiger partial charge < -0.3 is 14.8 Å². The van der Waals surface area contributed by atoms with Gasteiger partial charge in [0.1, 0.15) is 11.3 Å². The molecule has 9 nitrogen and oxygen atoms in total. The Morgan fingerprint density at radius 2 is 1.69 bits per heavy atom. The van der Waals surface area contributed by atoms with Gasteiger partial charge in [-0.2, -0.15) is 0 Å². The molecule has 5 rings (SSSR count). The lowest BCUT2D eigenvalue weighted by atomic mass is 9.64. The fraction of sp³-hybridized carbons (Fsp3) is 0.207. The molecule has 0 saturated heterocycles. The largest absolute Gasteiger partial charge is 0.467 e. The second-order valence-corrected chi connectivity index (χ2v) is 9.47. The molecule has 2 heterocycles. The third kappa shape index (κ3) is 3.88. The number of hydrogen-bond acceptors (Lipinski definition) is 7. The normalized spacial score (nSPS) is 23.0. The summed E-state index contributed by atoms with van der Waals surface area (Å²) in [7, 11) is 1.18. The van der Waals surface area contributed by atoms with E-state index in [0.717, 1.165) is 4.90 Å². The number of esters is 2. The Labute approximate surface area is 229 Å². The first-order valence-electron chi connectivity index (χ1n) is 12.2. The molecule has 3 atom stereocenters. The summed E-state index contributed by atoms with van der Waals surface area (Å²) in [6.45, 7) is 1.59. The van der Waals surface area contributed by atoms with Gasteiger partial charge in [-0.3, -0.25) is 14.6 Å². The van der Waals surface area contributed by atoms with Crippen LogP contribution in [0, 0.1) is 5.92 Å². The van der Waals surface area contributed by atoms with Crippen molar-refractivity contribution in [2.45, 2.75) is 17.9 Å². The van der Waals surface area contributed by atoms with Gasteiger partial charge in [-0.1, -0.05) is 60.1 Å². The lowest BCUT2D eigenvalue weighted by molar-refractivity contribution is -0.163. The van der Waals surface area contributed by atoms with E-state index in [1.165, 1.54) is 31.5 Å². The number of rotatable bonds is 5. The second kappa shape index (κ2) is 9.99. The van der Waals surface area contributed by atoms with Crippen molar-refractivity contribution in [2.75, 3.05) is 23.9 Å². The Kier molecular flexibility index (Phi) is 6.69. The standard InChI is InChI=1S/C29H24ClN3O6/c1-3-39-24(34)23-28(17-31-29(23,26(36)38-2)18-10-6-4-7-11-18)21-16-19(30)14-15-22(21)33(25(28)35)27(37)32-20-12-8-5-9-13-20/h4-17,23H,3H2,1-2H3,(H,32,37)/t23-,28-,29-/m0/s1. The highest BCUT2D eigenvalue weighted by molar-refractivity contribution is 6.34. The zero-order valence-electron chi connectivity index (χ0n) is 21.1. The monoisotopic (exact) mass is 545 g/mol. The number of amides is 3. The number of aliphatic imine (C=N–C) groups is 1. The first-order valence-corrected chi connectivity index (χ1v) is 12.6. The molecule has 0 bridgehead atoms. The minimum Gasteiger partial charge on any atom is -0.467 e. The molecule has 3 amide bonds. The summed E-state index contributed by atoms with van der Waals surface area (Å²) in [4.78, 5) is 60.9. The van der Waals surface area contributed by atoms with Gasteiger partial charge in [0.05, 0.1) is 19.4 Å². The topological polar surface area (TPSA) is 114 Å². The number of fused-ring (bicyclic) bond motifs is 2. The van der Waals surface area contributed by atoms with Gasteiger partial charge in [0, 0.05) is 16.9 Å². The smallest absolute Gasteiger partial charge is 0.339 e. The van der Waals surface area contributed by atoms with Crippen LogP contribution in [-0.2, 0) is 34.8 Å². The van der Waals surface area contributed by atoms with Gasteiger partial charge in [-0.25, -0.2) is 14.5 Å². The molecule has 0 aromatic heterocycles. The molecular weight excluding hydrogens is 522 g/mol. The van der Waals surface area contributed by atoms with Crippen molar-refractivity contribution in [1.29, 1.82) is 0 Å². The molecular formula is C29H24ClN3O6. The summed E-state index contributed by atoms with van der Waals surface area (Å²) in [5.41, 5.74) is -2.64. The highest BCUT2D eigenvalue weighted by Gasteiger charge is 2.71. The zero-order valence-corrected chi connectivity index (χ0v) is 21.8. The molecule has 3 aromatic rings. The van der Waals surface area contributed by atoms with Crippen LogP contribution in [0.15, 0.2) is 83.9 Å². The van der Waals surface area contributed by atoms with Crippen LogP contribution in [0.25, 0.3) is 0 Å². The SMILES string of the molecule is CCOC(=O)[C@H]1[C@@]2(C=N[C@@]1(C(=O)OC)c1ccccc1)C(=O)N(C(=O)Nc1ccccc1)c1ccc(Cl)cc12. The maximum atomic E-state index is 14.4. The van der Waals surface area contributed by atoms with Crippen molar-refractivity contribution in [1.82, 2.24) is 0 Å². The van der Waals surface area contributed by atoms with Gasteiger partial charge in [-0.15, -0.1) is 0 Å². The van der Waals surface area contributed by atoms with E-state index < -0.39 is 40.7 Å². The van der Waals surface area contributed by atoms with Crippen LogP contribution in [-0.4, -0.2) is 43.8 Å². The van der Waals surface area contributed by atoms with E-state index in [1.54, 1.807) is 67.6 Å². The molecule has 0 saturated carbocycles. The molecule has 10 heteroatoms. The number of imide groups is 1. The van der Waals surface area contributed by atoms with E-state index in [0.29, 0.717) is 11.3 Å². The molecule has 0 aliphatic carbocycles. The number of urea groups is 1. The molecule has 2 aliphatic heterocycles. The lowest BCUT2D eigenvalue weighted by Crippen LogP contribution is -2.56. The van der Waals surface area contributed by atoms with Crippen LogP contribution in [0.5, 0.6) is 0 Å². The molecule has 0 fully saturated rings. The third-order valence-corrected chi connectivity index (χ3v) is 7.24. The minimum atomic E-state index is -1.97. The first-order chi connectivity index (χ1) is 18.8. The number of para-hydroxylation sites is 1. The summed E-state index contributed by atoms with van der Waals surface area (Å²) in [6, 6.07) is 20.8. The molecule has 3 aromatic carbocycles. The maximum Gasteiger partial charge on any atom is 0.339 e. The molecule has 2 aliphatic rings. The van der Waals surface area contributed by atoms with Gasteiger partial charge in [0.15, 0.2) is 5.54 Å². The fourth-order valence-corrected chi connectivity index (χ4v) is 5.56. The Bertz CT molecular complexity index is 1500. The second-order valence-electron chi connectivity index (χ2n) is 9.03. The number of benzene rings is 3. The quantitative estimate of drug-likeness (QED) is 0.473. The van der Waals surface area contributed by atoms with E-state index in [-0.39, 0.29) is 22.9 Å². The van der Waals surface area contributed by atoms with Crippen molar-refractivity contribution < 1.29 is 28.7 Å². The molecule has 39 heavy (non-hydrogen) atoms. The van der Waals surface area contributed by atoms with Crippen LogP contribution in [0.4, 0.5) is 16.2 Å². The van der Waals surface area contributed by atoms with Crippen molar-refractivity contribution in [2.24, 2.45) is 10.9 Å². The summed E-state index contributed by atoms with van der Waals surface area (Å²) in [5, 5.41) is 2.97. The van der Waals surface area contributed by atoms with E-state index in [1.807, 2.05) is 0 Å². The predicted octanol–water partition coefficient (Wildman–Crippen LogP) is 4.49. The minimum absolute atomic E-state index is 0.0216. The van der Waals surface area contributed by atoms with Crippen molar-refractivity contribution in [3.63, 3.8) is 0 Å². The van der Waals surface area contributed by atoms with E-state index in [9.17, 15) is 19.2 Å². The number of anilines is 2. The Hall–Kier alpha value is -4.50. The Morgan fingerprint density at radius 1 is 1.03 bits per heavy atom. The third-order valence-electron chi connectivity index (χ3n) is 7.01. The number of ether oxygens (including phenoxy) is 2. The lowest BCUT2D eigenvalue weighted by Gasteiger charge is -2.36. The van der Waals surface area contributed by atoms with E-state index in [2.05, 4.69) is 10.3 Å². The van der Waals surface area contributed by atoms with E-state index >= 15 is 0 Å². The average Bonchev–Trinajstić information content (AvgIpc) is 3.43. The molecule has 0 radical (unpaired) electrons. The van der Waals surface area contributed by atoms with Gasteiger partial charge >= 0.3 is 18.0 Å². The predicted molar refractivity (Wildman–Crippen MR) is 145 cm³/mol. The van der Waals surface area contributed by atoms with Crippen LogP contribution in [0.1, 0.15) is 18.1 Å². The number of methoxy groups -OCH3 is 1. The van der Waals surface area contributed by atoms with Crippen LogP contribution >= 0.6 is 11.6 Å². The molecule has 1 spiro atoms. The Balaban J connectivity index is 1.74. The maximum absolute atomic E-state index is 14.4. The first kappa shape index (κ1) is 26.1. The molecule has 0 unspecified atom stereocenters. The molecule has 1 N–H and O–H groups in total. The summed E-state index contributed by atoms with van der Waals surface area (Å²) >= 11 is 6.37. The van der Waals surface area contributed by atoms with Crippen LogP contribution in [0.3, 0.4) is 0 Å². The highest BCUT2D eigenvalue weighted by atomic mass is 35.5. The zero-order chi connectivity index (χ0) is 27.8. The van der Waals surface area contributed by atoms with Crippen LogP contribution in [0.2, 0.25) is 5.02 Å². The summed E-state index contributed by atoms with van der Waals surface area (Å²) < 4.78 is 10.6. The highest BCUT2D eigenvalue weighted by Crippen LogP contribution is 2.57. The fourth-order valence-electron chi connectivity index (χ4n) is 5.39. The van der Waals surface area contributed by atoms with Gasteiger partial charge in [0.25, 0.3) is 5.91 Å². The average molecular weight is 546 g/mol. The summed E-state index contributed by atoms with van der Waals surface area (Å²) in [5.74, 6) is -4.03. The Morgan fingerprint density at radius 3 is 2.33 bits per heavy atom.